The summed E-state index contributed by atoms with van der Waals surface area (Å²) in [4.78, 5) is 21.4. The monoisotopic (exact) mass is 351 g/mol. The van der Waals surface area contributed by atoms with Gasteiger partial charge in [-0.15, -0.1) is 0 Å². The third kappa shape index (κ3) is 5.19. The second kappa shape index (κ2) is 8.42. The molecule has 1 N–H and O–H groups in total. The summed E-state index contributed by atoms with van der Waals surface area (Å²) in [5.74, 6) is 0. The molecular formula is C16H18BrNO3. The quantitative estimate of drug-likeness (QED) is 0.844. The van der Waals surface area contributed by atoms with Crippen molar-refractivity contribution < 1.29 is 14.7 Å². The Hall–Kier alpha value is -1.88. The van der Waals surface area contributed by atoms with Crippen molar-refractivity contribution in [3.05, 3.63) is 46.9 Å². The van der Waals surface area contributed by atoms with E-state index in [2.05, 4.69) is 58.4 Å². The highest BCUT2D eigenvalue weighted by molar-refractivity contribution is 9.10. The number of halogens is 1. The summed E-state index contributed by atoms with van der Waals surface area (Å²) in [6, 6.07) is 14.1. The normalized spacial score (nSPS) is 11.2. The average Bonchev–Trinajstić information content (AvgIpc) is 2.48. The molecule has 4 nitrogen and oxygen atoms in total. The van der Waals surface area contributed by atoms with Crippen LogP contribution in [0.15, 0.2) is 46.9 Å². The van der Waals surface area contributed by atoms with Crippen LogP contribution in [-0.2, 0) is 4.79 Å². The van der Waals surface area contributed by atoms with Crippen LogP contribution in [0.25, 0.3) is 10.8 Å². The number of hydrogen-bond donors (Lipinski definition) is 1. The molecule has 2 rings (SSSR count). The average molecular weight is 352 g/mol. The molecule has 0 fully saturated rings. The zero-order valence-electron chi connectivity index (χ0n) is 12.0. The lowest BCUT2D eigenvalue weighted by Crippen LogP contribution is -2.36. The van der Waals surface area contributed by atoms with Gasteiger partial charge < -0.3 is 14.8 Å². The predicted molar refractivity (Wildman–Crippen MR) is 87.6 cm³/mol. The molecule has 0 aliphatic carbocycles. The van der Waals surface area contributed by atoms with Crippen LogP contribution in [0.3, 0.4) is 0 Å². The van der Waals surface area contributed by atoms with Crippen molar-refractivity contribution in [2.24, 2.45) is 0 Å². The number of hydrogen-bond acceptors (Lipinski definition) is 2. The molecule has 0 aromatic heterocycles. The van der Waals surface area contributed by atoms with Gasteiger partial charge in [-0.1, -0.05) is 53.2 Å². The molecule has 0 aliphatic heterocycles. The van der Waals surface area contributed by atoms with Crippen LogP contribution in [0.1, 0.15) is 13.3 Å². The summed E-state index contributed by atoms with van der Waals surface area (Å²) in [6.07, 6.45) is 0.0828. The molecule has 0 aliphatic rings. The number of benzene rings is 2. The van der Waals surface area contributed by atoms with Gasteiger partial charge >= 0.3 is 6.09 Å². The Balaban J connectivity index is 0.000000212. The van der Waals surface area contributed by atoms with Gasteiger partial charge in [0.1, 0.15) is 6.29 Å². The molecule has 0 saturated carbocycles. The van der Waals surface area contributed by atoms with Gasteiger partial charge in [0.05, 0.1) is 6.04 Å². The maximum atomic E-state index is 10.2. The van der Waals surface area contributed by atoms with Crippen LogP contribution >= 0.6 is 15.9 Å². The van der Waals surface area contributed by atoms with Crippen LogP contribution in [0.5, 0.6) is 0 Å². The number of carbonyl (C=O) groups is 2. The number of aldehydes is 1. The maximum absolute atomic E-state index is 10.2. The summed E-state index contributed by atoms with van der Waals surface area (Å²) in [7, 11) is 1.38. The van der Waals surface area contributed by atoms with E-state index in [4.69, 9.17) is 5.11 Å². The van der Waals surface area contributed by atoms with Crippen LogP contribution in [0.2, 0.25) is 0 Å². The van der Waals surface area contributed by atoms with Gasteiger partial charge in [-0.2, -0.15) is 0 Å². The maximum Gasteiger partial charge on any atom is 0.407 e. The van der Waals surface area contributed by atoms with Crippen molar-refractivity contribution in [2.45, 2.75) is 19.4 Å². The van der Waals surface area contributed by atoms with Crippen molar-refractivity contribution in [1.29, 1.82) is 0 Å². The summed E-state index contributed by atoms with van der Waals surface area (Å²) in [5.41, 5.74) is 0. The van der Waals surface area contributed by atoms with Crippen LogP contribution < -0.4 is 0 Å². The Morgan fingerprint density at radius 3 is 2.38 bits per heavy atom. The van der Waals surface area contributed by atoms with E-state index in [9.17, 15) is 9.59 Å². The molecule has 0 radical (unpaired) electrons. The number of rotatable bonds is 3. The summed E-state index contributed by atoms with van der Waals surface area (Å²) in [6.45, 7) is 1.76. The van der Waals surface area contributed by atoms with Gasteiger partial charge in [-0.3, -0.25) is 0 Å². The molecular weight excluding hydrogens is 334 g/mol. The van der Waals surface area contributed by atoms with Crippen LogP contribution in [-0.4, -0.2) is 35.5 Å². The highest BCUT2D eigenvalue weighted by atomic mass is 79.9. The molecule has 0 spiro atoms. The second-order valence-corrected chi connectivity index (χ2v) is 5.41. The molecule has 5 heteroatoms. The van der Waals surface area contributed by atoms with E-state index in [1.54, 1.807) is 6.92 Å². The lowest BCUT2D eigenvalue weighted by molar-refractivity contribution is -0.111. The summed E-state index contributed by atoms with van der Waals surface area (Å²) in [5, 5.41) is 10.9. The number of likely N-dealkylation sites (N-methyl/N-ethyl adjacent to an activating group) is 1. The van der Waals surface area contributed by atoms with Crippen LogP contribution in [0.4, 0.5) is 4.79 Å². The van der Waals surface area contributed by atoms with Crippen molar-refractivity contribution >= 4 is 39.1 Å². The van der Waals surface area contributed by atoms with Crippen molar-refractivity contribution in [3.8, 4) is 0 Å². The van der Waals surface area contributed by atoms with E-state index < -0.39 is 12.1 Å². The number of carboxylic acid groups (broad SMARTS) is 1. The van der Waals surface area contributed by atoms with Crippen molar-refractivity contribution in [2.75, 3.05) is 7.05 Å². The Kier molecular flexibility index (Phi) is 6.88. The van der Waals surface area contributed by atoms with E-state index in [0.29, 0.717) is 12.7 Å². The SMILES string of the molecule is Brc1ccc2ccccc2c1.CCC(C=O)N(C)C(=O)O. The first kappa shape index (κ1) is 17.2. The molecule has 2 aromatic carbocycles. The Morgan fingerprint density at radius 2 is 1.90 bits per heavy atom. The minimum atomic E-state index is -1.07. The number of carbonyl (C=O) groups excluding carboxylic acids is 1. The highest BCUT2D eigenvalue weighted by Crippen LogP contribution is 2.18. The smallest absolute Gasteiger partial charge is 0.407 e. The zero-order valence-corrected chi connectivity index (χ0v) is 13.6. The van der Waals surface area contributed by atoms with E-state index in [1.807, 2.05) is 0 Å². The largest absolute Gasteiger partial charge is 0.465 e. The highest BCUT2D eigenvalue weighted by Gasteiger charge is 2.15. The standard InChI is InChI=1S/C10H7Br.C6H11NO3/c11-10-6-5-8-3-1-2-4-9(8)7-10;1-3-5(4-8)7(2)6(9)10/h1-7H;4-5H,3H2,1-2H3,(H,9,10). The van der Waals surface area contributed by atoms with E-state index in [0.717, 1.165) is 9.37 Å². The molecule has 1 atom stereocenters. The molecule has 0 heterocycles. The van der Waals surface area contributed by atoms with Crippen molar-refractivity contribution in [1.82, 2.24) is 4.90 Å². The topological polar surface area (TPSA) is 57.6 Å². The Labute approximate surface area is 132 Å². The summed E-state index contributed by atoms with van der Waals surface area (Å²) >= 11 is 3.43. The lowest BCUT2D eigenvalue weighted by atomic mass is 10.1. The van der Waals surface area contributed by atoms with Crippen molar-refractivity contribution in [3.63, 3.8) is 0 Å². The van der Waals surface area contributed by atoms with Crippen LogP contribution in [0, 0.1) is 0 Å². The Morgan fingerprint density at radius 1 is 1.29 bits per heavy atom. The first-order valence-corrected chi connectivity index (χ1v) is 7.34. The lowest BCUT2D eigenvalue weighted by Gasteiger charge is -2.18. The molecule has 21 heavy (non-hydrogen) atoms. The Bertz CT molecular complexity index is 615. The second-order valence-electron chi connectivity index (χ2n) is 4.50. The first-order chi connectivity index (χ1) is 9.99. The molecule has 112 valence electrons. The predicted octanol–water partition coefficient (Wildman–Crippen LogP) is 4.18. The zero-order chi connectivity index (χ0) is 15.8. The van der Waals surface area contributed by atoms with Gasteiger partial charge in [0, 0.05) is 11.5 Å². The number of fused-ring (bicyclic) bond motifs is 1. The summed E-state index contributed by atoms with van der Waals surface area (Å²) < 4.78 is 1.14. The van der Waals surface area contributed by atoms with Gasteiger partial charge in [0.25, 0.3) is 0 Å². The molecule has 1 unspecified atom stereocenters. The first-order valence-electron chi connectivity index (χ1n) is 6.55. The van der Waals surface area contributed by atoms with Gasteiger partial charge in [-0.05, 0) is 29.3 Å². The molecule has 0 bridgehead atoms. The molecule has 1 amide bonds. The number of nitrogens with zero attached hydrogens (tertiary/aromatic N) is 1. The minimum Gasteiger partial charge on any atom is -0.465 e. The van der Waals surface area contributed by atoms with Gasteiger partial charge in [-0.25, -0.2) is 4.79 Å². The van der Waals surface area contributed by atoms with E-state index in [1.165, 1.54) is 17.8 Å². The van der Waals surface area contributed by atoms with Gasteiger partial charge in [0.2, 0.25) is 0 Å². The number of amides is 1. The third-order valence-corrected chi connectivity index (χ3v) is 3.58. The molecule has 0 saturated heterocycles. The fraction of sp³-hybridized carbons (Fsp3) is 0.250. The molecule has 2 aromatic rings. The minimum absolute atomic E-state index is 0.502. The fourth-order valence-corrected chi connectivity index (χ4v) is 2.14. The fourth-order valence-electron chi connectivity index (χ4n) is 1.76. The van der Waals surface area contributed by atoms with Gasteiger partial charge in [0.15, 0.2) is 0 Å². The third-order valence-electron chi connectivity index (χ3n) is 3.09. The van der Waals surface area contributed by atoms with E-state index >= 15 is 0 Å². The van der Waals surface area contributed by atoms with E-state index in [-0.39, 0.29) is 0 Å².